The van der Waals surface area contributed by atoms with Gasteiger partial charge >= 0.3 is 6.03 Å². The summed E-state index contributed by atoms with van der Waals surface area (Å²) in [7, 11) is 1.76. The number of anilines is 1. The van der Waals surface area contributed by atoms with Gasteiger partial charge in [-0.05, 0) is 68.2 Å². The molecule has 2 heterocycles. The molecule has 1 aromatic carbocycles. The zero-order valence-corrected chi connectivity index (χ0v) is 15.8. The summed E-state index contributed by atoms with van der Waals surface area (Å²) < 4.78 is 5.56. The topological polar surface area (TPSA) is 70.7 Å². The Labute approximate surface area is 159 Å². The van der Waals surface area contributed by atoms with Gasteiger partial charge in [-0.1, -0.05) is 6.07 Å². The Morgan fingerprint density at radius 3 is 2.52 bits per heavy atom. The van der Waals surface area contributed by atoms with Gasteiger partial charge in [0.05, 0.1) is 6.10 Å². The molecule has 1 unspecified atom stereocenters. The largest absolute Gasteiger partial charge is 0.381 e. The molecule has 144 valence electrons. The highest BCUT2D eigenvalue weighted by atomic mass is 16.5. The lowest BCUT2D eigenvalue weighted by molar-refractivity contribution is -0.131. The minimum absolute atomic E-state index is 0.180. The Morgan fingerprint density at radius 1 is 1.15 bits per heavy atom. The standard InChI is InChI=1S/C21H27N3O3/c1-27-16-6-8-20(9-7-16)13-14-4-5-15(24-10-2-3-11-24)12-17(14)21(20)18(25)22-19(26)23-21/h4-5,12,16H,2-3,6-11,13H2,1H3,(H2,22,23,25,26). The van der Waals surface area contributed by atoms with Crippen molar-refractivity contribution in [3.05, 3.63) is 29.3 Å². The number of carbonyl (C=O) groups excluding carboxylic acids is 2. The number of nitrogens with one attached hydrogen (secondary N) is 2. The quantitative estimate of drug-likeness (QED) is 0.786. The van der Waals surface area contributed by atoms with Crippen LogP contribution in [-0.2, 0) is 21.5 Å². The van der Waals surface area contributed by atoms with Crippen LogP contribution in [0.15, 0.2) is 18.2 Å². The van der Waals surface area contributed by atoms with Gasteiger partial charge in [0.1, 0.15) is 0 Å². The molecule has 0 aromatic heterocycles. The van der Waals surface area contributed by atoms with Crippen LogP contribution >= 0.6 is 0 Å². The molecule has 6 heteroatoms. The first-order valence-electron chi connectivity index (χ1n) is 10.1. The van der Waals surface area contributed by atoms with Crippen LogP contribution in [0.2, 0.25) is 0 Å². The highest BCUT2D eigenvalue weighted by Crippen LogP contribution is 2.59. The molecule has 2 spiro atoms. The lowest BCUT2D eigenvalue weighted by Gasteiger charge is -2.46. The number of benzene rings is 1. The van der Waals surface area contributed by atoms with Gasteiger partial charge in [-0.15, -0.1) is 0 Å². The summed E-state index contributed by atoms with van der Waals surface area (Å²) in [5.41, 5.74) is 2.18. The van der Waals surface area contributed by atoms with E-state index in [4.69, 9.17) is 4.74 Å². The third-order valence-electron chi connectivity index (χ3n) is 7.38. The minimum Gasteiger partial charge on any atom is -0.381 e. The lowest BCUT2D eigenvalue weighted by Crippen LogP contribution is -2.56. The summed E-state index contributed by atoms with van der Waals surface area (Å²) in [5, 5.41) is 5.63. The normalized spacial score (nSPS) is 35.0. The maximum atomic E-state index is 13.2. The third-order valence-corrected chi connectivity index (χ3v) is 7.38. The van der Waals surface area contributed by atoms with Crippen molar-refractivity contribution in [2.75, 3.05) is 25.1 Å². The first-order chi connectivity index (χ1) is 13.1. The first-order valence-corrected chi connectivity index (χ1v) is 10.1. The van der Waals surface area contributed by atoms with Crippen molar-refractivity contribution in [1.82, 2.24) is 10.6 Å². The number of rotatable bonds is 2. The highest BCUT2D eigenvalue weighted by Gasteiger charge is 2.66. The van der Waals surface area contributed by atoms with Crippen LogP contribution < -0.4 is 15.5 Å². The zero-order chi connectivity index (χ0) is 18.6. The van der Waals surface area contributed by atoms with Gasteiger partial charge in [0.2, 0.25) is 0 Å². The van der Waals surface area contributed by atoms with Gasteiger partial charge in [-0.2, -0.15) is 0 Å². The Balaban J connectivity index is 1.60. The molecule has 1 aromatic rings. The van der Waals surface area contributed by atoms with Crippen LogP contribution in [0.4, 0.5) is 10.5 Å². The number of fused-ring (bicyclic) bond motifs is 3. The van der Waals surface area contributed by atoms with Crippen molar-refractivity contribution < 1.29 is 14.3 Å². The van der Waals surface area contributed by atoms with E-state index >= 15 is 0 Å². The van der Waals surface area contributed by atoms with E-state index in [0.29, 0.717) is 0 Å². The number of carbonyl (C=O) groups is 2. The van der Waals surface area contributed by atoms with Gasteiger partial charge in [0.15, 0.2) is 5.54 Å². The molecule has 1 saturated carbocycles. The second-order valence-corrected chi connectivity index (χ2v) is 8.59. The van der Waals surface area contributed by atoms with Crippen LogP contribution in [0, 0.1) is 5.41 Å². The summed E-state index contributed by atoms with van der Waals surface area (Å²) in [6, 6.07) is 6.17. The number of ether oxygens (including phenoxy) is 1. The molecule has 2 aliphatic carbocycles. The monoisotopic (exact) mass is 369 g/mol. The molecule has 2 N–H and O–H groups in total. The van der Waals surface area contributed by atoms with Crippen molar-refractivity contribution in [3.8, 4) is 0 Å². The van der Waals surface area contributed by atoms with E-state index in [9.17, 15) is 9.59 Å². The molecule has 0 bridgehead atoms. The Bertz CT molecular complexity index is 794. The molecule has 0 radical (unpaired) electrons. The molecule has 27 heavy (non-hydrogen) atoms. The molecule has 3 amide bonds. The van der Waals surface area contributed by atoms with Gasteiger partial charge in [-0.25, -0.2) is 4.79 Å². The van der Waals surface area contributed by atoms with Gasteiger partial charge in [-0.3, -0.25) is 10.1 Å². The predicted octanol–water partition coefficient (Wildman–Crippen LogP) is 2.45. The predicted molar refractivity (Wildman–Crippen MR) is 102 cm³/mol. The van der Waals surface area contributed by atoms with E-state index < -0.39 is 5.54 Å². The highest BCUT2D eigenvalue weighted by molar-refractivity contribution is 6.09. The van der Waals surface area contributed by atoms with Crippen LogP contribution in [0.1, 0.15) is 49.7 Å². The van der Waals surface area contributed by atoms with E-state index in [1.54, 1.807) is 7.11 Å². The first kappa shape index (κ1) is 17.0. The molecule has 2 aliphatic heterocycles. The van der Waals surface area contributed by atoms with E-state index in [2.05, 4.69) is 33.7 Å². The van der Waals surface area contributed by atoms with Gasteiger partial charge in [0.25, 0.3) is 5.91 Å². The maximum absolute atomic E-state index is 13.2. The van der Waals surface area contributed by atoms with Crippen molar-refractivity contribution in [2.45, 2.75) is 56.6 Å². The molecule has 3 fully saturated rings. The van der Waals surface area contributed by atoms with Crippen LogP contribution in [-0.4, -0.2) is 38.2 Å². The molecular formula is C21H27N3O3. The number of hydrogen-bond donors (Lipinski definition) is 2. The van der Waals surface area contributed by atoms with E-state index in [1.165, 1.54) is 24.1 Å². The summed E-state index contributed by atoms with van der Waals surface area (Å²) >= 11 is 0. The fourth-order valence-corrected chi connectivity index (χ4v) is 5.97. The molecule has 4 aliphatic rings. The van der Waals surface area contributed by atoms with Crippen molar-refractivity contribution in [3.63, 3.8) is 0 Å². The third kappa shape index (κ3) is 2.29. The number of hydrogen-bond acceptors (Lipinski definition) is 4. The summed E-state index contributed by atoms with van der Waals surface area (Å²) in [6.07, 6.45) is 7.12. The smallest absolute Gasteiger partial charge is 0.322 e. The number of nitrogens with zero attached hydrogens (tertiary/aromatic N) is 1. The van der Waals surface area contributed by atoms with E-state index in [0.717, 1.165) is 50.8 Å². The van der Waals surface area contributed by atoms with E-state index in [1.807, 2.05) is 0 Å². The molecule has 1 atom stereocenters. The van der Waals surface area contributed by atoms with Crippen LogP contribution in [0.5, 0.6) is 0 Å². The minimum atomic E-state index is -0.937. The van der Waals surface area contributed by atoms with Crippen LogP contribution in [0.3, 0.4) is 0 Å². The molecule has 5 rings (SSSR count). The number of amides is 3. The molecular weight excluding hydrogens is 342 g/mol. The van der Waals surface area contributed by atoms with Crippen molar-refractivity contribution in [2.24, 2.45) is 5.41 Å². The van der Waals surface area contributed by atoms with Crippen LogP contribution in [0.25, 0.3) is 0 Å². The fraction of sp³-hybridized carbons (Fsp3) is 0.619. The summed E-state index contributed by atoms with van der Waals surface area (Å²) in [4.78, 5) is 27.8. The SMILES string of the molecule is COC1CCC2(CC1)Cc1ccc(N3CCCC3)cc1C21NC(=O)NC1=O. The van der Waals surface area contributed by atoms with Gasteiger partial charge in [0, 0.05) is 31.3 Å². The fourth-order valence-electron chi connectivity index (χ4n) is 5.97. The Kier molecular flexibility index (Phi) is 3.76. The number of imide groups is 1. The average Bonchev–Trinajstić information content (AvgIpc) is 3.36. The zero-order valence-electron chi connectivity index (χ0n) is 15.8. The Hall–Kier alpha value is -2.08. The average molecular weight is 369 g/mol. The van der Waals surface area contributed by atoms with Crippen molar-refractivity contribution in [1.29, 1.82) is 0 Å². The second kappa shape index (κ2) is 5.96. The summed E-state index contributed by atoms with van der Waals surface area (Å²) in [6.45, 7) is 2.12. The second-order valence-electron chi connectivity index (χ2n) is 8.59. The Morgan fingerprint density at radius 2 is 1.89 bits per heavy atom. The van der Waals surface area contributed by atoms with Crippen molar-refractivity contribution >= 4 is 17.6 Å². The number of methoxy groups -OCH3 is 1. The molecule has 2 saturated heterocycles. The summed E-state index contributed by atoms with van der Waals surface area (Å²) in [5.74, 6) is -0.180. The van der Waals surface area contributed by atoms with Gasteiger partial charge < -0.3 is 15.0 Å². The van der Waals surface area contributed by atoms with E-state index in [-0.39, 0.29) is 23.5 Å². The lowest BCUT2D eigenvalue weighted by atomic mass is 9.61. The molecule has 6 nitrogen and oxygen atoms in total. The maximum Gasteiger partial charge on any atom is 0.322 e. The number of urea groups is 1.